The van der Waals surface area contributed by atoms with E-state index in [0.29, 0.717) is 18.6 Å². The number of carbonyl (C=O) groups is 1. The van der Waals surface area contributed by atoms with Crippen molar-refractivity contribution in [2.24, 2.45) is 0 Å². The van der Waals surface area contributed by atoms with E-state index in [1.165, 1.54) is 0 Å². The highest BCUT2D eigenvalue weighted by atomic mass is 16.5. The molecule has 0 saturated heterocycles. The Morgan fingerprint density at radius 2 is 1.95 bits per heavy atom. The molecule has 2 N–H and O–H groups in total. The van der Waals surface area contributed by atoms with Crippen molar-refractivity contribution >= 4 is 5.91 Å². The van der Waals surface area contributed by atoms with E-state index in [0.717, 1.165) is 16.7 Å². The molecule has 0 radical (unpaired) electrons. The van der Waals surface area contributed by atoms with Crippen LogP contribution >= 0.6 is 0 Å². The molecule has 0 heterocycles. The summed E-state index contributed by atoms with van der Waals surface area (Å²) < 4.78 is 5.14. The number of aliphatic hydroxyl groups excluding tert-OH is 1. The van der Waals surface area contributed by atoms with Gasteiger partial charge in [0.2, 0.25) is 0 Å². The van der Waals surface area contributed by atoms with Gasteiger partial charge in [-0.15, -0.1) is 0 Å². The minimum absolute atomic E-state index is 0.187. The van der Waals surface area contributed by atoms with Gasteiger partial charge in [0.25, 0.3) is 5.91 Å². The Morgan fingerprint density at radius 3 is 2.77 bits per heavy atom. The van der Waals surface area contributed by atoms with Crippen LogP contribution in [0.2, 0.25) is 0 Å². The van der Waals surface area contributed by atoms with Gasteiger partial charge in [-0.25, -0.2) is 0 Å². The van der Waals surface area contributed by atoms with Crippen molar-refractivity contribution in [2.75, 3.05) is 7.11 Å². The predicted octanol–water partition coefficient (Wildman–Crippen LogP) is 2.22. The van der Waals surface area contributed by atoms with Crippen molar-refractivity contribution in [1.29, 1.82) is 0 Å². The van der Waals surface area contributed by atoms with Crippen LogP contribution in [0.15, 0.2) is 48.5 Å². The first kappa shape index (κ1) is 14.8. The zero-order chi connectivity index (χ0) is 15.5. The van der Waals surface area contributed by atoms with Gasteiger partial charge < -0.3 is 15.2 Å². The third-order valence-corrected chi connectivity index (χ3v) is 4.05. The van der Waals surface area contributed by atoms with Crippen LogP contribution in [0, 0.1) is 0 Å². The number of nitrogens with one attached hydrogen (secondary N) is 1. The van der Waals surface area contributed by atoms with Gasteiger partial charge in [0, 0.05) is 19.1 Å². The average Bonchev–Trinajstić information content (AvgIpc) is 2.84. The molecule has 0 spiro atoms. The zero-order valence-electron chi connectivity index (χ0n) is 12.5. The van der Waals surface area contributed by atoms with Gasteiger partial charge in [0.15, 0.2) is 0 Å². The number of benzene rings is 2. The summed E-state index contributed by atoms with van der Waals surface area (Å²) in [5, 5.41) is 13.2. The monoisotopic (exact) mass is 297 g/mol. The number of aliphatic hydroxyl groups is 1. The molecule has 0 aromatic heterocycles. The Morgan fingerprint density at radius 1 is 1.23 bits per heavy atom. The molecule has 1 aliphatic rings. The molecule has 3 rings (SSSR count). The minimum Gasteiger partial charge on any atom is -0.390 e. The molecule has 0 saturated carbocycles. The molecule has 0 fully saturated rings. The smallest absolute Gasteiger partial charge is 0.252 e. The molecular formula is C18H19NO3. The molecule has 1 amide bonds. The Bertz CT molecular complexity index is 684. The second-order valence-corrected chi connectivity index (χ2v) is 5.51. The summed E-state index contributed by atoms with van der Waals surface area (Å²) in [5.74, 6) is -0.187. The molecule has 2 aromatic rings. The lowest BCUT2D eigenvalue weighted by molar-refractivity contribution is 0.0854. The summed E-state index contributed by atoms with van der Waals surface area (Å²) in [5.41, 5.74) is 3.50. The normalized spacial score (nSPS) is 19.7. The molecule has 0 aliphatic heterocycles. The first-order valence-corrected chi connectivity index (χ1v) is 7.34. The van der Waals surface area contributed by atoms with Crippen LogP contribution in [0.25, 0.3) is 0 Å². The van der Waals surface area contributed by atoms with Gasteiger partial charge in [0.1, 0.15) is 0 Å². The zero-order valence-corrected chi connectivity index (χ0v) is 12.5. The molecule has 0 bridgehead atoms. The van der Waals surface area contributed by atoms with Crippen molar-refractivity contribution in [3.63, 3.8) is 0 Å². The Balaban J connectivity index is 1.83. The average molecular weight is 297 g/mol. The SMILES string of the molecule is COCc1ccccc1C(=O)NC1c2ccccc2CC1O. The standard InChI is InChI=1S/C18H19NO3/c1-22-11-13-7-3-5-9-15(13)18(21)19-17-14-8-4-2-6-12(14)10-16(17)20/h2-9,16-17,20H,10-11H2,1H3,(H,19,21). The summed E-state index contributed by atoms with van der Waals surface area (Å²) >= 11 is 0. The maximum absolute atomic E-state index is 12.6. The lowest BCUT2D eigenvalue weighted by Gasteiger charge is -2.19. The van der Waals surface area contributed by atoms with E-state index in [4.69, 9.17) is 4.74 Å². The second kappa shape index (κ2) is 6.30. The van der Waals surface area contributed by atoms with E-state index in [2.05, 4.69) is 5.32 Å². The van der Waals surface area contributed by atoms with Gasteiger partial charge in [-0.3, -0.25) is 4.79 Å². The second-order valence-electron chi connectivity index (χ2n) is 5.51. The number of carbonyl (C=O) groups excluding carboxylic acids is 1. The summed E-state index contributed by atoms with van der Waals surface area (Å²) in [6.45, 7) is 0.382. The third kappa shape index (κ3) is 2.75. The molecule has 114 valence electrons. The first-order chi connectivity index (χ1) is 10.7. The van der Waals surface area contributed by atoms with Crippen LogP contribution in [0.1, 0.15) is 33.1 Å². The number of hydrogen-bond donors (Lipinski definition) is 2. The van der Waals surface area contributed by atoms with Crippen molar-refractivity contribution in [3.8, 4) is 0 Å². The molecule has 22 heavy (non-hydrogen) atoms. The van der Waals surface area contributed by atoms with Crippen molar-refractivity contribution in [2.45, 2.75) is 25.2 Å². The highest BCUT2D eigenvalue weighted by Crippen LogP contribution is 2.31. The molecule has 1 aliphatic carbocycles. The predicted molar refractivity (Wildman–Crippen MR) is 83.5 cm³/mol. The third-order valence-electron chi connectivity index (χ3n) is 4.05. The van der Waals surface area contributed by atoms with Crippen LogP contribution < -0.4 is 5.32 Å². The molecule has 4 nitrogen and oxygen atoms in total. The number of ether oxygens (including phenoxy) is 1. The topological polar surface area (TPSA) is 58.6 Å². The highest BCUT2D eigenvalue weighted by molar-refractivity contribution is 5.96. The molecule has 2 aromatic carbocycles. The number of fused-ring (bicyclic) bond motifs is 1. The van der Waals surface area contributed by atoms with E-state index >= 15 is 0 Å². The van der Waals surface area contributed by atoms with E-state index in [-0.39, 0.29) is 11.9 Å². The Kier molecular flexibility index (Phi) is 4.22. The van der Waals surface area contributed by atoms with E-state index in [1.54, 1.807) is 13.2 Å². The van der Waals surface area contributed by atoms with Crippen LogP contribution in [-0.4, -0.2) is 24.2 Å². The van der Waals surface area contributed by atoms with Crippen LogP contribution in [0.5, 0.6) is 0 Å². The van der Waals surface area contributed by atoms with Gasteiger partial charge in [-0.05, 0) is 22.8 Å². The Hall–Kier alpha value is -2.17. The number of methoxy groups -OCH3 is 1. The van der Waals surface area contributed by atoms with Gasteiger partial charge in [-0.1, -0.05) is 42.5 Å². The Labute approximate surface area is 129 Å². The van der Waals surface area contributed by atoms with Crippen molar-refractivity contribution in [1.82, 2.24) is 5.32 Å². The summed E-state index contributed by atoms with van der Waals surface area (Å²) in [4.78, 5) is 12.6. The van der Waals surface area contributed by atoms with Gasteiger partial charge >= 0.3 is 0 Å². The first-order valence-electron chi connectivity index (χ1n) is 7.34. The summed E-state index contributed by atoms with van der Waals surface area (Å²) in [6.07, 6.45) is -0.0168. The maximum Gasteiger partial charge on any atom is 0.252 e. The largest absolute Gasteiger partial charge is 0.390 e. The molecule has 2 atom stereocenters. The van der Waals surface area contributed by atoms with E-state index in [1.807, 2.05) is 42.5 Å². The fourth-order valence-electron chi connectivity index (χ4n) is 2.99. The van der Waals surface area contributed by atoms with Crippen molar-refractivity contribution < 1.29 is 14.6 Å². The number of hydrogen-bond acceptors (Lipinski definition) is 3. The van der Waals surface area contributed by atoms with Crippen molar-refractivity contribution in [3.05, 3.63) is 70.8 Å². The van der Waals surface area contributed by atoms with E-state index in [9.17, 15) is 9.90 Å². The summed E-state index contributed by atoms with van der Waals surface area (Å²) in [7, 11) is 1.60. The highest BCUT2D eigenvalue weighted by Gasteiger charge is 2.32. The molecular weight excluding hydrogens is 278 g/mol. The maximum atomic E-state index is 12.6. The summed E-state index contributed by atoms with van der Waals surface area (Å²) in [6, 6.07) is 14.8. The van der Waals surface area contributed by atoms with Gasteiger partial charge in [0.05, 0.1) is 18.8 Å². The van der Waals surface area contributed by atoms with E-state index < -0.39 is 6.10 Å². The minimum atomic E-state index is -0.587. The fourth-order valence-corrected chi connectivity index (χ4v) is 2.99. The van der Waals surface area contributed by atoms with Crippen LogP contribution in [0.3, 0.4) is 0 Å². The lowest BCUT2D eigenvalue weighted by Crippen LogP contribution is -2.34. The van der Waals surface area contributed by atoms with Gasteiger partial charge in [-0.2, -0.15) is 0 Å². The lowest BCUT2D eigenvalue weighted by atomic mass is 10.0. The van der Waals surface area contributed by atoms with Crippen LogP contribution in [0.4, 0.5) is 0 Å². The number of rotatable bonds is 4. The fraction of sp³-hybridized carbons (Fsp3) is 0.278. The quantitative estimate of drug-likeness (QED) is 0.910. The molecule has 4 heteroatoms. The van der Waals surface area contributed by atoms with Crippen LogP contribution in [-0.2, 0) is 17.8 Å². The molecule has 2 unspecified atom stereocenters. The number of amides is 1.